The van der Waals surface area contributed by atoms with Crippen LogP contribution in [-0.4, -0.2) is 66.9 Å². The minimum Gasteiger partial charge on any atom is -0.462 e. The molecule has 0 fully saturated rings. The van der Waals surface area contributed by atoms with Crippen molar-refractivity contribution in [3.05, 3.63) is 121 Å². The van der Waals surface area contributed by atoms with Gasteiger partial charge in [0.1, 0.15) is 19.3 Å². The van der Waals surface area contributed by atoms with Crippen molar-refractivity contribution < 1.29 is 33.8 Å². The van der Waals surface area contributed by atoms with E-state index in [1.54, 1.807) is 12.2 Å². The number of aliphatic hydroxyl groups excluding tert-OH is 1. The van der Waals surface area contributed by atoms with Crippen LogP contribution in [0.3, 0.4) is 0 Å². The molecule has 0 spiro atoms. The Hall–Kier alpha value is -5.22. The molecule has 53 heavy (non-hydrogen) atoms. The van der Waals surface area contributed by atoms with E-state index >= 15 is 0 Å². The number of allylic oxidation sites excluding steroid dienone is 2. The largest absolute Gasteiger partial charge is 0.462 e. The summed E-state index contributed by atoms with van der Waals surface area (Å²) in [6.45, 7) is 12.9. The van der Waals surface area contributed by atoms with Gasteiger partial charge in [-0.25, -0.2) is 9.59 Å². The van der Waals surface area contributed by atoms with Crippen LogP contribution in [0, 0.1) is 11.3 Å². The van der Waals surface area contributed by atoms with E-state index in [2.05, 4.69) is 41.2 Å². The average molecular weight is 724 g/mol. The van der Waals surface area contributed by atoms with E-state index in [1.807, 2.05) is 87.5 Å². The Morgan fingerprint density at radius 2 is 1.45 bits per heavy atom. The molecule has 0 radical (unpaired) electrons. The number of hydrogen-bond acceptors (Lipinski definition) is 7. The first kappa shape index (κ1) is 40.5. The van der Waals surface area contributed by atoms with Crippen molar-refractivity contribution in [3.63, 3.8) is 0 Å². The first-order chi connectivity index (χ1) is 25.4. The van der Waals surface area contributed by atoms with Crippen LogP contribution >= 0.6 is 0 Å². The number of alkyl carbamates (subject to hydrolysis) is 1. The van der Waals surface area contributed by atoms with Crippen LogP contribution in [-0.2, 0) is 30.3 Å². The van der Waals surface area contributed by atoms with Crippen molar-refractivity contribution in [2.45, 2.75) is 76.9 Å². The van der Waals surface area contributed by atoms with Gasteiger partial charge in [-0.15, -0.1) is 13.2 Å². The van der Waals surface area contributed by atoms with Gasteiger partial charge in [-0.2, -0.15) is 0 Å². The number of esters is 1. The Labute approximate surface area is 313 Å². The summed E-state index contributed by atoms with van der Waals surface area (Å²) in [7, 11) is 0. The number of carbonyl (C=O) groups excluding carboxylic acids is 4. The second kappa shape index (κ2) is 19.6. The summed E-state index contributed by atoms with van der Waals surface area (Å²) >= 11 is 0. The zero-order valence-corrected chi connectivity index (χ0v) is 31.0. The third kappa shape index (κ3) is 11.6. The van der Waals surface area contributed by atoms with Crippen LogP contribution in [0.15, 0.2) is 104 Å². The minimum atomic E-state index is -1.01. The van der Waals surface area contributed by atoms with Gasteiger partial charge in [-0.3, -0.25) is 9.59 Å². The molecule has 0 saturated carbocycles. The highest BCUT2D eigenvalue weighted by molar-refractivity contribution is 5.86. The van der Waals surface area contributed by atoms with E-state index in [9.17, 15) is 24.3 Å². The molecule has 3 aromatic rings. The lowest BCUT2D eigenvalue weighted by molar-refractivity contribution is -0.148. The molecule has 0 heterocycles. The normalized spacial score (nSPS) is 14.3. The molecule has 4 rings (SSSR count). The third-order valence-electron chi connectivity index (χ3n) is 9.50. The van der Waals surface area contributed by atoms with Gasteiger partial charge in [0.2, 0.25) is 11.8 Å². The molecular weight excluding hydrogens is 670 g/mol. The third-order valence-corrected chi connectivity index (χ3v) is 9.50. The summed E-state index contributed by atoms with van der Waals surface area (Å²) < 4.78 is 11.4. The Morgan fingerprint density at radius 1 is 0.830 bits per heavy atom. The van der Waals surface area contributed by atoms with Crippen molar-refractivity contribution in [1.82, 2.24) is 16.0 Å². The number of hydrogen-bond donors (Lipinski definition) is 4. The number of ether oxygens (including phenoxy) is 2. The number of rotatable bonds is 19. The number of nitrogens with one attached hydrogen (secondary N) is 3. The number of amides is 3. The molecule has 10 heteroatoms. The molecule has 4 atom stereocenters. The van der Waals surface area contributed by atoms with Crippen molar-refractivity contribution in [1.29, 1.82) is 0 Å². The summed E-state index contributed by atoms with van der Waals surface area (Å²) in [5.74, 6) is -2.30. The maximum Gasteiger partial charge on any atom is 0.407 e. The Kier molecular flexibility index (Phi) is 15.0. The van der Waals surface area contributed by atoms with Crippen LogP contribution < -0.4 is 16.0 Å². The standard InChI is InChI=1S/C43H53N3O7/c1-6-8-23-37(45-42(51)53-27-36-34-21-14-12-19-32(34)33-20-13-15-22-35(33)36)41(50)52-28-38(43(3,4)5)46-40(49)30(16-7-2)25-39(48)44-31(26-47)24-29-17-10-9-11-18-29/h6-7,9-15,17-22,30-31,36-38,47H,1-2,8,16,23-28H2,3-5H3,(H,44,48)(H,45,51)(H,46,49)/t30-,31+,37-,38+/m0/s1. The van der Waals surface area contributed by atoms with Gasteiger partial charge >= 0.3 is 12.1 Å². The zero-order chi connectivity index (χ0) is 38.4. The molecular formula is C43H53N3O7. The van der Waals surface area contributed by atoms with Gasteiger partial charge in [0, 0.05) is 12.3 Å². The molecule has 3 amide bonds. The summed E-state index contributed by atoms with van der Waals surface area (Å²) in [5, 5.41) is 18.4. The van der Waals surface area contributed by atoms with Crippen molar-refractivity contribution in [2.75, 3.05) is 19.8 Å². The van der Waals surface area contributed by atoms with Crippen LogP contribution in [0.2, 0.25) is 0 Å². The predicted octanol–water partition coefficient (Wildman–Crippen LogP) is 6.24. The van der Waals surface area contributed by atoms with Crippen molar-refractivity contribution in [3.8, 4) is 11.1 Å². The molecule has 1 aliphatic carbocycles. The summed E-state index contributed by atoms with van der Waals surface area (Å²) in [4.78, 5) is 53.0. The molecule has 10 nitrogen and oxygen atoms in total. The van der Waals surface area contributed by atoms with Gasteiger partial charge < -0.3 is 30.5 Å². The van der Waals surface area contributed by atoms with Gasteiger partial charge in [0.15, 0.2) is 0 Å². The number of aliphatic hydroxyl groups is 1. The van der Waals surface area contributed by atoms with Crippen LogP contribution in [0.25, 0.3) is 11.1 Å². The zero-order valence-electron chi connectivity index (χ0n) is 31.0. The molecule has 0 aliphatic heterocycles. The van der Waals surface area contributed by atoms with E-state index in [4.69, 9.17) is 9.47 Å². The minimum absolute atomic E-state index is 0.0960. The van der Waals surface area contributed by atoms with Crippen LogP contribution in [0.5, 0.6) is 0 Å². The molecule has 3 aromatic carbocycles. The van der Waals surface area contributed by atoms with E-state index in [0.29, 0.717) is 12.8 Å². The highest BCUT2D eigenvalue weighted by Gasteiger charge is 2.33. The fraction of sp³-hybridized carbons (Fsp3) is 0.395. The second-order valence-corrected chi connectivity index (χ2v) is 14.5. The van der Waals surface area contributed by atoms with Gasteiger partial charge in [-0.05, 0) is 58.9 Å². The Morgan fingerprint density at radius 3 is 2.04 bits per heavy atom. The quantitative estimate of drug-likeness (QED) is 0.0848. The lowest BCUT2D eigenvalue weighted by atomic mass is 9.86. The monoisotopic (exact) mass is 723 g/mol. The predicted molar refractivity (Wildman–Crippen MR) is 206 cm³/mol. The Bertz CT molecular complexity index is 1670. The van der Waals surface area contributed by atoms with Gasteiger partial charge in [0.25, 0.3) is 0 Å². The fourth-order valence-electron chi connectivity index (χ4n) is 6.43. The van der Waals surface area contributed by atoms with E-state index in [1.165, 1.54) is 0 Å². The molecule has 1 aliphatic rings. The molecule has 0 unspecified atom stereocenters. The summed E-state index contributed by atoms with van der Waals surface area (Å²) in [5.41, 5.74) is 4.80. The number of fused-ring (bicyclic) bond motifs is 3. The fourth-order valence-corrected chi connectivity index (χ4v) is 6.43. The first-order valence-corrected chi connectivity index (χ1v) is 18.2. The van der Waals surface area contributed by atoms with E-state index in [0.717, 1.165) is 27.8 Å². The maximum absolute atomic E-state index is 13.6. The SMILES string of the molecule is C=CCC[C@H](NC(=O)OCC1c2ccccc2-c2ccccc21)C(=O)OC[C@@H](NC(=O)[C@@H](CC=C)CC(=O)N[C@@H](CO)Cc1ccccc1)C(C)(C)C. The second-order valence-electron chi connectivity index (χ2n) is 14.5. The van der Waals surface area contributed by atoms with Crippen molar-refractivity contribution >= 4 is 23.9 Å². The van der Waals surface area contributed by atoms with Crippen LogP contribution in [0.4, 0.5) is 4.79 Å². The average Bonchev–Trinajstić information content (AvgIpc) is 3.46. The lowest BCUT2D eigenvalue weighted by Crippen LogP contribution is -2.51. The lowest BCUT2D eigenvalue weighted by Gasteiger charge is -2.32. The summed E-state index contributed by atoms with van der Waals surface area (Å²) in [6, 6.07) is 23.5. The van der Waals surface area contributed by atoms with E-state index < -0.39 is 41.5 Å². The smallest absolute Gasteiger partial charge is 0.407 e. The van der Waals surface area contributed by atoms with Crippen LogP contribution in [0.1, 0.15) is 69.1 Å². The molecule has 4 N–H and O–H groups in total. The molecule has 0 saturated heterocycles. The number of carbonyl (C=O) groups is 4. The molecule has 282 valence electrons. The maximum atomic E-state index is 13.6. The molecule has 0 bridgehead atoms. The Balaban J connectivity index is 1.34. The summed E-state index contributed by atoms with van der Waals surface area (Å²) in [6.07, 6.45) is 3.75. The highest BCUT2D eigenvalue weighted by atomic mass is 16.6. The number of benzene rings is 3. The van der Waals surface area contributed by atoms with E-state index in [-0.39, 0.29) is 56.8 Å². The first-order valence-electron chi connectivity index (χ1n) is 18.2. The topological polar surface area (TPSA) is 143 Å². The van der Waals surface area contributed by atoms with Crippen molar-refractivity contribution in [2.24, 2.45) is 11.3 Å². The molecule has 0 aromatic heterocycles. The van der Waals surface area contributed by atoms with Gasteiger partial charge in [0.05, 0.1) is 24.6 Å². The highest BCUT2D eigenvalue weighted by Crippen LogP contribution is 2.44. The van der Waals surface area contributed by atoms with Gasteiger partial charge in [-0.1, -0.05) is 112 Å².